The molecule has 1 aliphatic carbocycles. The fourth-order valence-electron chi connectivity index (χ4n) is 1.95. The fraction of sp³-hybridized carbons (Fsp3) is 0.308. The Kier molecular flexibility index (Phi) is 2.03. The summed E-state index contributed by atoms with van der Waals surface area (Å²) in [6.45, 7) is 6.21. The molecule has 1 nitrogen and oxygen atoms in total. The SMILES string of the molecule is CC1=CC(=O)Cc2cc(C)c(C)cc21. The number of aryl methyl sites for hydroxylation is 2. The maximum Gasteiger partial charge on any atom is 0.160 e. The van der Waals surface area contributed by atoms with E-state index in [2.05, 4.69) is 26.0 Å². The van der Waals surface area contributed by atoms with E-state index >= 15 is 0 Å². The molecule has 0 atom stereocenters. The molecule has 0 bridgehead atoms. The predicted octanol–water partition coefficient (Wildman–Crippen LogP) is 2.83. The van der Waals surface area contributed by atoms with Crippen LogP contribution in [0.25, 0.3) is 5.57 Å². The molecule has 0 amide bonds. The number of carbonyl (C=O) groups is 1. The number of benzene rings is 1. The molecule has 1 aromatic carbocycles. The second-order valence-corrected chi connectivity index (χ2v) is 4.06. The van der Waals surface area contributed by atoms with E-state index in [0.29, 0.717) is 6.42 Å². The molecule has 1 aromatic rings. The van der Waals surface area contributed by atoms with Crippen LogP contribution in [-0.2, 0) is 11.2 Å². The van der Waals surface area contributed by atoms with Crippen molar-refractivity contribution >= 4 is 11.4 Å². The highest BCUT2D eigenvalue weighted by molar-refractivity contribution is 6.01. The molecule has 0 heterocycles. The fourth-order valence-corrected chi connectivity index (χ4v) is 1.95. The van der Waals surface area contributed by atoms with Gasteiger partial charge in [0.2, 0.25) is 0 Å². The molecule has 0 N–H and O–H groups in total. The number of carbonyl (C=O) groups excluding carboxylic acids is 1. The smallest absolute Gasteiger partial charge is 0.160 e. The molecule has 1 heteroatoms. The minimum absolute atomic E-state index is 0.221. The summed E-state index contributed by atoms with van der Waals surface area (Å²) in [4.78, 5) is 11.4. The van der Waals surface area contributed by atoms with Crippen molar-refractivity contribution in [3.63, 3.8) is 0 Å². The number of allylic oxidation sites excluding steroid dienone is 2. The first-order valence-electron chi connectivity index (χ1n) is 4.89. The molecular formula is C13H14O. The van der Waals surface area contributed by atoms with Crippen LogP contribution in [0.4, 0.5) is 0 Å². The molecule has 0 spiro atoms. The van der Waals surface area contributed by atoms with Crippen molar-refractivity contribution in [3.8, 4) is 0 Å². The van der Waals surface area contributed by atoms with Gasteiger partial charge in [0.1, 0.15) is 0 Å². The quantitative estimate of drug-likeness (QED) is 0.609. The van der Waals surface area contributed by atoms with E-state index < -0.39 is 0 Å². The molecule has 72 valence electrons. The van der Waals surface area contributed by atoms with Crippen molar-refractivity contribution in [2.75, 3.05) is 0 Å². The van der Waals surface area contributed by atoms with Crippen molar-refractivity contribution in [2.24, 2.45) is 0 Å². The molecule has 0 radical (unpaired) electrons. The molecule has 0 aliphatic heterocycles. The van der Waals surface area contributed by atoms with Gasteiger partial charge in [0.15, 0.2) is 5.78 Å². The normalized spacial score (nSPS) is 15.1. The predicted molar refractivity (Wildman–Crippen MR) is 58.3 cm³/mol. The molecular weight excluding hydrogens is 172 g/mol. The van der Waals surface area contributed by atoms with Crippen molar-refractivity contribution in [2.45, 2.75) is 27.2 Å². The van der Waals surface area contributed by atoms with Crippen LogP contribution in [-0.4, -0.2) is 5.78 Å². The lowest BCUT2D eigenvalue weighted by Crippen LogP contribution is -2.08. The van der Waals surface area contributed by atoms with Gasteiger partial charge in [-0.3, -0.25) is 4.79 Å². The molecule has 0 aromatic heterocycles. The van der Waals surface area contributed by atoms with Crippen LogP contribution < -0.4 is 0 Å². The van der Waals surface area contributed by atoms with E-state index in [1.54, 1.807) is 6.08 Å². The Balaban J connectivity index is 2.64. The number of hydrogen-bond acceptors (Lipinski definition) is 1. The van der Waals surface area contributed by atoms with Gasteiger partial charge >= 0.3 is 0 Å². The zero-order valence-corrected chi connectivity index (χ0v) is 8.85. The molecule has 2 rings (SSSR count). The lowest BCUT2D eigenvalue weighted by molar-refractivity contribution is -0.114. The highest BCUT2D eigenvalue weighted by Gasteiger charge is 2.15. The Bertz CT molecular complexity index is 439. The standard InChI is InChI=1S/C13H14O/c1-8-4-11-7-12(14)5-10(3)13(11)6-9(8)2/h4-6H,7H2,1-3H3. The van der Waals surface area contributed by atoms with Crippen molar-refractivity contribution in [3.05, 3.63) is 40.5 Å². The Morgan fingerprint density at radius 1 is 1.07 bits per heavy atom. The second-order valence-electron chi connectivity index (χ2n) is 4.06. The van der Waals surface area contributed by atoms with Crippen LogP contribution in [0.3, 0.4) is 0 Å². The van der Waals surface area contributed by atoms with E-state index in [4.69, 9.17) is 0 Å². The molecule has 0 fully saturated rings. The number of rotatable bonds is 0. The van der Waals surface area contributed by atoms with Gasteiger partial charge in [-0.1, -0.05) is 12.1 Å². The molecule has 0 unspecified atom stereocenters. The van der Waals surface area contributed by atoms with E-state index in [0.717, 1.165) is 5.57 Å². The van der Waals surface area contributed by atoms with Crippen LogP contribution in [0.5, 0.6) is 0 Å². The second kappa shape index (κ2) is 3.09. The van der Waals surface area contributed by atoms with Gasteiger partial charge in [-0.2, -0.15) is 0 Å². The lowest BCUT2D eigenvalue weighted by Gasteiger charge is -2.16. The summed E-state index contributed by atoms with van der Waals surface area (Å²) in [5.41, 5.74) is 6.09. The molecule has 0 saturated heterocycles. The summed E-state index contributed by atoms with van der Waals surface area (Å²) in [5.74, 6) is 0.221. The molecule has 0 saturated carbocycles. The number of ketones is 1. The van der Waals surface area contributed by atoms with Crippen LogP contribution in [0.1, 0.15) is 29.2 Å². The van der Waals surface area contributed by atoms with Crippen LogP contribution in [0.2, 0.25) is 0 Å². The molecule has 14 heavy (non-hydrogen) atoms. The maximum atomic E-state index is 11.4. The zero-order valence-electron chi connectivity index (χ0n) is 8.85. The van der Waals surface area contributed by atoms with Gasteiger partial charge in [0, 0.05) is 6.42 Å². The number of hydrogen-bond donors (Lipinski definition) is 0. The first kappa shape index (κ1) is 9.20. The van der Waals surface area contributed by atoms with Crippen molar-refractivity contribution < 1.29 is 4.79 Å². The minimum Gasteiger partial charge on any atom is -0.294 e. The first-order valence-corrected chi connectivity index (χ1v) is 4.89. The van der Waals surface area contributed by atoms with Gasteiger partial charge in [0.25, 0.3) is 0 Å². The summed E-state index contributed by atoms with van der Waals surface area (Å²) in [7, 11) is 0. The van der Waals surface area contributed by atoms with E-state index in [1.807, 2.05) is 6.92 Å². The molecule has 1 aliphatic rings. The Hall–Kier alpha value is -1.37. The summed E-state index contributed by atoms with van der Waals surface area (Å²) >= 11 is 0. The summed E-state index contributed by atoms with van der Waals surface area (Å²) in [6, 6.07) is 4.32. The van der Waals surface area contributed by atoms with Gasteiger partial charge in [-0.05, 0) is 54.7 Å². The van der Waals surface area contributed by atoms with E-state index in [9.17, 15) is 4.79 Å². The Labute approximate surface area is 84.5 Å². The topological polar surface area (TPSA) is 17.1 Å². The van der Waals surface area contributed by atoms with Gasteiger partial charge in [-0.15, -0.1) is 0 Å². The van der Waals surface area contributed by atoms with E-state index in [-0.39, 0.29) is 5.78 Å². The van der Waals surface area contributed by atoms with Crippen LogP contribution in [0, 0.1) is 13.8 Å². The third kappa shape index (κ3) is 1.39. The van der Waals surface area contributed by atoms with Gasteiger partial charge in [0.05, 0.1) is 0 Å². The third-order valence-electron chi connectivity index (χ3n) is 2.89. The lowest BCUT2D eigenvalue weighted by atomic mass is 9.88. The third-order valence-corrected chi connectivity index (χ3v) is 2.89. The van der Waals surface area contributed by atoms with Crippen LogP contribution in [0.15, 0.2) is 18.2 Å². The van der Waals surface area contributed by atoms with Crippen molar-refractivity contribution in [1.29, 1.82) is 0 Å². The monoisotopic (exact) mass is 186 g/mol. The minimum atomic E-state index is 0.221. The summed E-state index contributed by atoms with van der Waals surface area (Å²) in [6.07, 6.45) is 2.31. The first-order chi connectivity index (χ1) is 6.58. The Morgan fingerprint density at radius 3 is 2.43 bits per heavy atom. The average molecular weight is 186 g/mol. The highest BCUT2D eigenvalue weighted by atomic mass is 16.1. The Morgan fingerprint density at radius 2 is 1.71 bits per heavy atom. The average Bonchev–Trinajstić information content (AvgIpc) is 2.08. The number of fused-ring (bicyclic) bond motifs is 1. The zero-order chi connectivity index (χ0) is 10.3. The summed E-state index contributed by atoms with van der Waals surface area (Å²) < 4.78 is 0. The maximum absolute atomic E-state index is 11.4. The largest absolute Gasteiger partial charge is 0.294 e. The van der Waals surface area contributed by atoms with Gasteiger partial charge in [-0.25, -0.2) is 0 Å². The van der Waals surface area contributed by atoms with E-state index in [1.165, 1.54) is 22.3 Å². The van der Waals surface area contributed by atoms with Gasteiger partial charge < -0.3 is 0 Å². The van der Waals surface area contributed by atoms with Crippen LogP contribution >= 0.6 is 0 Å². The summed E-state index contributed by atoms with van der Waals surface area (Å²) in [5, 5.41) is 0. The van der Waals surface area contributed by atoms with Crippen molar-refractivity contribution in [1.82, 2.24) is 0 Å². The highest BCUT2D eigenvalue weighted by Crippen LogP contribution is 2.27.